The number of nitrogens with zero attached hydrogens (tertiary/aromatic N) is 7. The first-order valence-electron chi connectivity index (χ1n) is 15.5. The van der Waals surface area contributed by atoms with Crippen LogP contribution in [-0.4, -0.2) is 80.4 Å². The fourth-order valence-electron chi connectivity index (χ4n) is 6.28. The van der Waals surface area contributed by atoms with E-state index in [0.29, 0.717) is 30.2 Å². The van der Waals surface area contributed by atoms with Crippen LogP contribution in [0.1, 0.15) is 40.2 Å². The Bertz CT molecular complexity index is 1890. The molecule has 0 saturated carbocycles. The molecule has 0 aliphatic carbocycles. The van der Waals surface area contributed by atoms with Gasteiger partial charge in [-0.3, -0.25) is 14.6 Å². The molecule has 2 atom stereocenters. The molecular weight excluding hydrogens is 582 g/mol. The maximum atomic E-state index is 13.0. The average Bonchev–Trinajstić information content (AvgIpc) is 3.39. The number of aryl methyl sites for hydroxylation is 2. The Morgan fingerprint density at radius 1 is 1.02 bits per heavy atom. The monoisotopic (exact) mass is 623 g/mol. The molecule has 11 heteroatoms. The number of piperazine rings is 1. The first-order valence-corrected chi connectivity index (χ1v) is 15.5. The van der Waals surface area contributed by atoms with Gasteiger partial charge in [0.2, 0.25) is 0 Å². The summed E-state index contributed by atoms with van der Waals surface area (Å²) < 4.78 is 18.9. The van der Waals surface area contributed by atoms with Gasteiger partial charge >= 0.3 is 6.09 Å². The Hall–Kier alpha value is -4.77. The molecular formula is C35H41N7O4. The third-order valence-electron chi connectivity index (χ3n) is 8.17. The Morgan fingerprint density at radius 2 is 1.78 bits per heavy atom. The van der Waals surface area contributed by atoms with Gasteiger partial charge in [-0.2, -0.15) is 5.10 Å². The molecule has 1 amide bonds. The van der Waals surface area contributed by atoms with Gasteiger partial charge in [-0.25, -0.2) is 14.8 Å². The predicted octanol–water partition coefficient (Wildman–Crippen LogP) is 6.37. The average molecular weight is 624 g/mol. The van der Waals surface area contributed by atoms with Crippen LogP contribution in [0.15, 0.2) is 55.0 Å². The van der Waals surface area contributed by atoms with Crippen molar-refractivity contribution < 1.29 is 19.0 Å². The van der Waals surface area contributed by atoms with E-state index in [-0.39, 0.29) is 25.0 Å². The lowest BCUT2D eigenvalue weighted by Crippen LogP contribution is -2.59. The van der Waals surface area contributed by atoms with Gasteiger partial charge in [0, 0.05) is 67.1 Å². The van der Waals surface area contributed by atoms with Crippen LogP contribution < -0.4 is 9.64 Å². The van der Waals surface area contributed by atoms with Crippen molar-refractivity contribution in [1.82, 2.24) is 29.6 Å². The van der Waals surface area contributed by atoms with Gasteiger partial charge in [0.1, 0.15) is 11.4 Å². The molecule has 46 heavy (non-hydrogen) atoms. The van der Waals surface area contributed by atoms with Gasteiger partial charge in [-0.05, 0) is 71.9 Å². The number of fused-ring (bicyclic) bond motifs is 2. The van der Waals surface area contributed by atoms with E-state index in [1.165, 1.54) is 0 Å². The smallest absolute Gasteiger partial charge is 0.410 e. The fourth-order valence-corrected chi connectivity index (χ4v) is 6.28. The zero-order valence-electron chi connectivity index (χ0n) is 27.7. The third-order valence-corrected chi connectivity index (χ3v) is 8.17. The second-order valence-electron chi connectivity index (χ2n) is 13.0. The summed E-state index contributed by atoms with van der Waals surface area (Å²) in [5.74, 6) is 0.661. The molecule has 240 valence electrons. The zero-order valence-corrected chi connectivity index (χ0v) is 27.7. The molecule has 5 aromatic rings. The van der Waals surface area contributed by atoms with E-state index in [4.69, 9.17) is 29.2 Å². The number of rotatable bonds is 6. The molecule has 0 unspecified atom stereocenters. The molecule has 0 bridgehead atoms. The minimum Gasteiger partial charge on any atom is -0.466 e. The zero-order chi connectivity index (χ0) is 32.7. The molecule has 11 nitrogen and oxygen atoms in total. The van der Waals surface area contributed by atoms with Crippen molar-refractivity contribution in [1.29, 1.82) is 0 Å². The largest absolute Gasteiger partial charge is 0.466 e. The van der Waals surface area contributed by atoms with Crippen molar-refractivity contribution in [3.63, 3.8) is 0 Å². The summed E-state index contributed by atoms with van der Waals surface area (Å²) in [6.45, 7) is 13.2. The SMILES string of the molecule is COCOc1c(-c2cc(-c3ccccn3)c3cc(N4C[C@@H](C)N(C(=O)OC(C)(C)C)[C@@H](C)C4)cnc3n2)cc2cn(C)nc2c1C. The lowest BCUT2D eigenvalue weighted by molar-refractivity contribution is 0.00565. The van der Waals surface area contributed by atoms with Gasteiger partial charge in [-0.15, -0.1) is 0 Å². The van der Waals surface area contributed by atoms with Crippen molar-refractivity contribution in [3.8, 4) is 28.3 Å². The topological polar surface area (TPSA) is 108 Å². The van der Waals surface area contributed by atoms with E-state index in [9.17, 15) is 4.79 Å². The van der Waals surface area contributed by atoms with E-state index in [1.807, 2.05) is 70.2 Å². The lowest BCUT2D eigenvalue weighted by atomic mass is 9.99. The summed E-state index contributed by atoms with van der Waals surface area (Å²) in [4.78, 5) is 31.8. The van der Waals surface area contributed by atoms with Gasteiger partial charge in [0.05, 0.1) is 40.9 Å². The molecule has 1 aliphatic rings. The molecule has 4 aromatic heterocycles. The third kappa shape index (κ3) is 6.06. The number of carbonyl (C=O) groups is 1. The molecule has 1 aromatic carbocycles. The normalized spacial score (nSPS) is 17.1. The summed E-state index contributed by atoms with van der Waals surface area (Å²) in [5, 5.41) is 6.51. The van der Waals surface area contributed by atoms with Gasteiger partial charge < -0.3 is 19.1 Å². The number of ether oxygens (including phenoxy) is 3. The Balaban J connectivity index is 1.44. The summed E-state index contributed by atoms with van der Waals surface area (Å²) in [5.41, 5.74) is 6.01. The van der Waals surface area contributed by atoms with Crippen molar-refractivity contribution in [3.05, 3.63) is 60.6 Å². The number of anilines is 1. The molecule has 1 fully saturated rings. The number of pyridine rings is 3. The maximum Gasteiger partial charge on any atom is 0.410 e. The predicted molar refractivity (Wildman–Crippen MR) is 179 cm³/mol. The van der Waals surface area contributed by atoms with Crippen LogP contribution in [-0.2, 0) is 16.5 Å². The minimum atomic E-state index is -0.553. The molecule has 0 spiro atoms. The van der Waals surface area contributed by atoms with Crippen LogP contribution in [0, 0.1) is 6.92 Å². The summed E-state index contributed by atoms with van der Waals surface area (Å²) in [7, 11) is 3.50. The van der Waals surface area contributed by atoms with E-state index in [2.05, 4.69) is 42.0 Å². The summed E-state index contributed by atoms with van der Waals surface area (Å²) >= 11 is 0. The number of methoxy groups -OCH3 is 1. The van der Waals surface area contributed by atoms with Crippen molar-refractivity contribution >= 4 is 33.7 Å². The first kappa shape index (κ1) is 31.2. The van der Waals surface area contributed by atoms with Crippen LogP contribution in [0.2, 0.25) is 0 Å². The fraction of sp³-hybridized carbons (Fsp3) is 0.400. The Morgan fingerprint density at radius 3 is 2.46 bits per heavy atom. The highest BCUT2D eigenvalue weighted by Crippen LogP contribution is 2.40. The van der Waals surface area contributed by atoms with Crippen molar-refractivity contribution in [2.24, 2.45) is 7.05 Å². The van der Waals surface area contributed by atoms with Crippen LogP contribution in [0.5, 0.6) is 5.75 Å². The van der Waals surface area contributed by atoms with E-state index >= 15 is 0 Å². The van der Waals surface area contributed by atoms with E-state index in [1.54, 1.807) is 18.0 Å². The van der Waals surface area contributed by atoms with E-state index < -0.39 is 5.60 Å². The highest BCUT2D eigenvalue weighted by atomic mass is 16.7. The van der Waals surface area contributed by atoms with Crippen LogP contribution in [0.25, 0.3) is 44.5 Å². The Labute approximate surface area is 269 Å². The second kappa shape index (κ2) is 12.2. The standard InChI is InChI=1S/C35H41N7O4/c1-21-17-41(18-22(2)42(21)34(43)46-35(4,5)6)25-14-27-26(29-11-9-10-12-36-29)15-30(38-33(27)37-16-25)28-13-24-19-40(7)39-31(24)23(3)32(28)45-20-44-8/h9-16,19,21-22H,17-18,20H2,1-8H3/t21-,22+. The highest BCUT2D eigenvalue weighted by molar-refractivity contribution is 5.98. The van der Waals surface area contributed by atoms with Crippen molar-refractivity contribution in [2.75, 3.05) is 31.9 Å². The number of hydrogen-bond acceptors (Lipinski definition) is 9. The van der Waals surface area contributed by atoms with E-state index in [0.717, 1.165) is 44.4 Å². The first-order chi connectivity index (χ1) is 21.9. The van der Waals surface area contributed by atoms with Gasteiger partial charge in [-0.1, -0.05) is 6.07 Å². The van der Waals surface area contributed by atoms with Crippen LogP contribution in [0.3, 0.4) is 0 Å². The molecule has 0 radical (unpaired) electrons. The molecule has 6 rings (SSSR count). The quantitative estimate of drug-likeness (QED) is 0.199. The molecule has 0 N–H and O–H groups in total. The number of amides is 1. The van der Waals surface area contributed by atoms with Crippen LogP contribution >= 0.6 is 0 Å². The highest BCUT2D eigenvalue weighted by Gasteiger charge is 2.36. The molecule has 1 aliphatic heterocycles. The molecule has 5 heterocycles. The minimum absolute atomic E-state index is 0.0544. The number of aromatic nitrogens is 5. The molecule has 1 saturated heterocycles. The van der Waals surface area contributed by atoms with Gasteiger partial charge in [0.25, 0.3) is 0 Å². The number of carbonyl (C=O) groups excluding carboxylic acids is 1. The van der Waals surface area contributed by atoms with Gasteiger partial charge in [0.15, 0.2) is 12.4 Å². The van der Waals surface area contributed by atoms with Crippen molar-refractivity contribution in [2.45, 2.75) is 59.2 Å². The Kier molecular flexibility index (Phi) is 8.28. The lowest BCUT2D eigenvalue weighted by Gasteiger charge is -2.45. The van der Waals surface area contributed by atoms with Crippen LogP contribution in [0.4, 0.5) is 10.5 Å². The maximum absolute atomic E-state index is 13.0. The summed E-state index contributed by atoms with van der Waals surface area (Å²) in [6, 6.07) is 12.0. The summed E-state index contributed by atoms with van der Waals surface area (Å²) in [6.07, 6.45) is 5.35. The number of benzene rings is 1. The number of hydrogen-bond donors (Lipinski definition) is 0. The second-order valence-corrected chi connectivity index (χ2v) is 13.0.